The zero-order chi connectivity index (χ0) is 16.7. The molecular weight excluding hydrogens is 294 g/mol. The van der Waals surface area contributed by atoms with Crippen LogP contribution in [-0.2, 0) is 22.4 Å². The smallest absolute Gasteiger partial charge is 0.407 e. The zero-order valence-electron chi connectivity index (χ0n) is 14.5. The highest BCUT2D eigenvalue weighted by Gasteiger charge is 2.16. The molecule has 1 aromatic rings. The summed E-state index contributed by atoms with van der Waals surface area (Å²) in [7, 11) is 0. The fourth-order valence-electron chi connectivity index (χ4n) is 2.68. The van der Waals surface area contributed by atoms with Gasteiger partial charge in [0.15, 0.2) is 0 Å². The van der Waals surface area contributed by atoms with Crippen molar-refractivity contribution in [3.05, 3.63) is 18.2 Å². The molecule has 6 heteroatoms. The average Bonchev–Trinajstić information content (AvgIpc) is 2.92. The molecular formula is C17H29N3O3. The molecule has 1 N–H and O–H groups in total. The van der Waals surface area contributed by atoms with Crippen LogP contribution in [0.1, 0.15) is 52.1 Å². The number of nitrogens with zero attached hydrogens (tertiary/aromatic N) is 2. The standard InChI is InChI=1S/C17H29N3O3/c1-17(2,3)23-16(21)19-9-7-14-12-18-13-20(14)10-8-15-6-4-5-11-22-15/h12-13,15H,4-11H2,1-3H3,(H,19,21). The van der Waals surface area contributed by atoms with Gasteiger partial charge in [-0.25, -0.2) is 9.78 Å². The Hall–Kier alpha value is -1.56. The van der Waals surface area contributed by atoms with Gasteiger partial charge < -0.3 is 19.4 Å². The van der Waals surface area contributed by atoms with Crippen molar-refractivity contribution in [2.45, 2.75) is 71.1 Å². The second-order valence-electron chi connectivity index (χ2n) is 7.03. The van der Waals surface area contributed by atoms with E-state index in [4.69, 9.17) is 9.47 Å². The Morgan fingerprint density at radius 3 is 3.00 bits per heavy atom. The number of alkyl carbamates (subject to hydrolysis) is 1. The minimum absolute atomic E-state index is 0.374. The maximum absolute atomic E-state index is 11.6. The maximum Gasteiger partial charge on any atom is 0.407 e. The number of imidazole rings is 1. The molecule has 0 spiro atoms. The lowest BCUT2D eigenvalue weighted by atomic mass is 10.1. The van der Waals surface area contributed by atoms with Gasteiger partial charge in [0.2, 0.25) is 0 Å². The van der Waals surface area contributed by atoms with Gasteiger partial charge in [-0.3, -0.25) is 0 Å². The lowest BCUT2D eigenvalue weighted by Gasteiger charge is -2.23. The fraction of sp³-hybridized carbons (Fsp3) is 0.765. The number of ether oxygens (including phenoxy) is 2. The molecule has 1 unspecified atom stereocenters. The largest absolute Gasteiger partial charge is 0.444 e. The summed E-state index contributed by atoms with van der Waals surface area (Å²) in [6.45, 7) is 7.91. The first-order valence-electron chi connectivity index (χ1n) is 8.51. The Morgan fingerprint density at radius 1 is 1.48 bits per heavy atom. The highest BCUT2D eigenvalue weighted by Crippen LogP contribution is 2.16. The normalized spacial score (nSPS) is 18.7. The molecule has 0 radical (unpaired) electrons. The van der Waals surface area contributed by atoms with Crippen LogP contribution in [-0.4, -0.2) is 40.5 Å². The average molecular weight is 323 g/mol. The summed E-state index contributed by atoms with van der Waals surface area (Å²) < 4.78 is 13.1. The molecule has 6 nitrogen and oxygen atoms in total. The van der Waals surface area contributed by atoms with Crippen LogP contribution in [0.2, 0.25) is 0 Å². The molecule has 1 amide bonds. The number of aryl methyl sites for hydroxylation is 1. The van der Waals surface area contributed by atoms with Crippen molar-refractivity contribution in [3.63, 3.8) is 0 Å². The molecule has 2 rings (SSSR count). The fourth-order valence-corrected chi connectivity index (χ4v) is 2.68. The van der Waals surface area contributed by atoms with Gasteiger partial charge in [0.05, 0.1) is 12.4 Å². The van der Waals surface area contributed by atoms with Crippen molar-refractivity contribution in [1.29, 1.82) is 0 Å². The number of nitrogens with one attached hydrogen (secondary N) is 1. The minimum Gasteiger partial charge on any atom is -0.444 e. The summed E-state index contributed by atoms with van der Waals surface area (Å²) in [4.78, 5) is 15.9. The SMILES string of the molecule is CC(C)(C)OC(=O)NCCc1cncn1CCC1CCCCO1. The predicted molar refractivity (Wildman–Crippen MR) is 88.4 cm³/mol. The number of carbonyl (C=O) groups is 1. The maximum atomic E-state index is 11.6. The molecule has 1 saturated heterocycles. The molecule has 1 fully saturated rings. The molecule has 0 bridgehead atoms. The zero-order valence-corrected chi connectivity index (χ0v) is 14.5. The summed E-state index contributed by atoms with van der Waals surface area (Å²) in [5.41, 5.74) is 0.656. The summed E-state index contributed by atoms with van der Waals surface area (Å²) >= 11 is 0. The van der Waals surface area contributed by atoms with E-state index in [9.17, 15) is 4.79 Å². The van der Waals surface area contributed by atoms with E-state index in [1.54, 1.807) is 0 Å². The highest BCUT2D eigenvalue weighted by molar-refractivity contribution is 5.67. The Bertz CT molecular complexity index is 488. The van der Waals surface area contributed by atoms with Gasteiger partial charge in [-0.2, -0.15) is 0 Å². The Balaban J connectivity index is 1.71. The van der Waals surface area contributed by atoms with Crippen molar-refractivity contribution in [2.75, 3.05) is 13.2 Å². The van der Waals surface area contributed by atoms with E-state index in [-0.39, 0.29) is 6.09 Å². The molecule has 1 aliphatic heterocycles. The number of amides is 1. The van der Waals surface area contributed by atoms with Crippen LogP contribution < -0.4 is 5.32 Å². The summed E-state index contributed by atoms with van der Waals surface area (Å²) in [5, 5.41) is 2.78. The highest BCUT2D eigenvalue weighted by atomic mass is 16.6. The molecule has 1 aromatic heterocycles. The second kappa shape index (κ2) is 8.34. The van der Waals surface area contributed by atoms with Gasteiger partial charge in [-0.05, 0) is 46.5 Å². The Kier molecular flexibility index (Phi) is 6.45. The number of rotatable bonds is 6. The molecule has 0 aliphatic carbocycles. The predicted octanol–water partition coefficient (Wildman–Crippen LogP) is 2.91. The van der Waals surface area contributed by atoms with Gasteiger partial charge >= 0.3 is 6.09 Å². The topological polar surface area (TPSA) is 65.4 Å². The van der Waals surface area contributed by atoms with E-state index in [0.29, 0.717) is 12.6 Å². The first kappa shape index (κ1) is 17.8. The second-order valence-corrected chi connectivity index (χ2v) is 7.03. The van der Waals surface area contributed by atoms with E-state index in [0.717, 1.165) is 38.1 Å². The lowest BCUT2D eigenvalue weighted by Crippen LogP contribution is -2.33. The van der Waals surface area contributed by atoms with E-state index in [1.165, 1.54) is 12.8 Å². The van der Waals surface area contributed by atoms with Crippen LogP contribution in [0, 0.1) is 0 Å². The van der Waals surface area contributed by atoms with Crippen LogP contribution in [0.15, 0.2) is 12.5 Å². The van der Waals surface area contributed by atoms with E-state index >= 15 is 0 Å². The van der Waals surface area contributed by atoms with Crippen LogP contribution in [0.3, 0.4) is 0 Å². The third-order valence-electron chi connectivity index (χ3n) is 3.81. The Morgan fingerprint density at radius 2 is 2.30 bits per heavy atom. The van der Waals surface area contributed by atoms with E-state index in [1.807, 2.05) is 33.3 Å². The van der Waals surface area contributed by atoms with Crippen molar-refractivity contribution >= 4 is 6.09 Å². The van der Waals surface area contributed by atoms with Gasteiger partial charge in [-0.15, -0.1) is 0 Å². The van der Waals surface area contributed by atoms with Crippen molar-refractivity contribution in [2.24, 2.45) is 0 Å². The first-order valence-corrected chi connectivity index (χ1v) is 8.51. The van der Waals surface area contributed by atoms with Crippen molar-refractivity contribution in [1.82, 2.24) is 14.9 Å². The third kappa shape index (κ3) is 6.60. The van der Waals surface area contributed by atoms with Crippen LogP contribution in [0.25, 0.3) is 0 Å². The van der Waals surface area contributed by atoms with E-state index < -0.39 is 5.60 Å². The number of carbonyl (C=O) groups excluding carboxylic acids is 1. The van der Waals surface area contributed by atoms with Gasteiger partial charge in [0.1, 0.15) is 5.60 Å². The number of hydrogen-bond acceptors (Lipinski definition) is 4. The molecule has 0 saturated carbocycles. The van der Waals surface area contributed by atoms with Crippen molar-refractivity contribution in [3.8, 4) is 0 Å². The monoisotopic (exact) mass is 323 g/mol. The Labute approximate surface area is 138 Å². The summed E-state index contributed by atoms with van der Waals surface area (Å²) in [6.07, 6.45) is 9.07. The molecule has 130 valence electrons. The number of aromatic nitrogens is 2. The first-order chi connectivity index (χ1) is 10.9. The van der Waals surface area contributed by atoms with E-state index in [2.05, 4.69) is 14.9 Å². The molecule has 2 heterocycles. The lowest BCUT2D eigenvalue weighted by molar-refractivity contribution is 0.00871. The molecule has 1 atom stereocenters. The molecule has 0 aromatic carbocycles. The van der Waals surface area contributed by atoms with Gasteiger partial charge in [-0.1, -0.05) is 0 Å². The van der Waals surface area contributed by atoms with Crippen LogP contribution in [0.4, 0.5) is 4.79 Å². The summed E-state index contributed by atoms with van der Waals surface area (Å²) in [6, 6.07) is 0. The van der Waals surface area contributed by atoms with Crippen LogP contribution >= 0.6 is 0 Å². The van der Waals surface area contributed by atoms with Crippen LogP contribution in [0.5, 0.6) is 0 Å². The third-order valence-corrected chi connectivity index (χ3v) is 3.81. The molecule has 1 aliphatic rings. The number of hydrogen-bond donors (Lipinski definition) is 1. The minimum atomic E-state index is -0.466. The summed E-state index contributed by atoms with van der Waals surface area (Å²) in [5.74, 6) is 0. The van der Waals surface area contributed by atoms with Gasteiger partial charge in [0.25, 0.3) is 0 Å². The quantitative estimate of drug-likeness (QED) is 0.874. The van der Waals surface area contributed by atoms with Gasteiger partial charge in [0, 0.05) is 38.0 Å². The van der Waals surface area contributed by atoms with Crippen molar-refractivity contribution < 1.29 is 14.3 Å². The molecule has 23 heavy (non-hydrogen) atoms.